The van der Waals surface area contributed by atoms with Crippen molar-refractivity contribution in [2.75, 3.05) is 31.0 Å². The summed E-state index contributed by atoms with van der Waals surface area (Å²) >= 11 is 0. The number of fused-ring (bicyclic) bond motifs is 1. The number of aromatic hydroxyl groups is 1. The third-order valence-electron chi connectivity index (χ3n) is 4.38. The zero-order chi connectivity index (χ0) is 20.8. The van der Waals surface area contributed by atoms with Crippen molar-refractivity contribution in [2.45, 2.75) is 0 Å². The van der Waals surface area contributed by atoms with E-state index in [0.717, 1.165) is 28.0 Å². The van der Waals surface area contributed by atoms with Gasteiger partial charge in [0.1, 0.15) is 23.9 Å². The molecule has 0 bridgehead atoms. The van der Waals surface area contributed by atoms with E-state index in [9.17, 15) is 5.11 Å². The molecular weight excluding hydrogens is 380 g/mol. The molecule has 4 aromatic rings. The number of aromatic nitrogens is 2. The summed E-state index contributed by atoms with van der Waals surface area (Å²) in [4.78, 5) is 9.26. The topological polar surface area (TPSA) is 88.5 Å². The Hall–Kier alpha value is -3.84. The SMILES string of the molecule is COCCOc1ccc(Nc2nc(Nc3cccc(O)c3)c3ccccc3n2)cc1. The van der Waals surface area contributed by atoms with Gasteiger partial charge in [-0.3, -0.25) is 0 Å². The van der Waals surface area contributed by atoms with Crippen LogP contribution in [0.2, 0.25) is 0 Å². The highest BCUT2D eigenvalue weighted by atomic mass is 16.5. The molecule has 0 aliphatic carbocycles. The van der Waals surface area contributed by atoms with E-state index in [-0.39, 0.29) is 5.75 Å². The highest BCUT2D eigenvalue weighted by Gasteiger charge is 2.09. The highest BCUT2D eigenvalue weighted by molar-refractivity contribution is 5.92. The van der Waals surface area contributed by atoms with Crippen molar-refractivity contribution in [2.24, 2.45) is 0 Å². The molecule has 7 heteroatoms. The molecule has 1 aromatic heterocycles. The van der Waals surface area contributed by atoms with Gasteiger partial charge in [0.2, 0.25) is 5.95 Å². The standard InChI is InChI=1S/C23H22N4O3/c1-29-13-14-30-19-11-9-16(10-12-19)25-23-26-21-8-3-2-7-20(21)22(27-23)24-17-5-4-6-18(28)15-17/h2-12,15,28H,13-14H2,1H3,(H2,24,25,26,27). The molecule has 3 N–H and O–H groups in total. The van der Waals surface area contributed by atoms with Crippen molar-refractivity contribution in [3.63, 3.8) is 0 Å². The van der Waals surface area contributed by atoms with Gasteiger partial charge in [-0.15, -0.1) is 0 Å². The molecule has 0 amide bonds. The minimum Gasteiger partial charge on any atom is -0.508 e. The van der Waals surface area contributed by atoms with Gasteiger partial charge in [0.15, 0.2) is 0 Å². The van der Waals surface area contributed by atoms with Crippen LogP contribution in [0.4, 0.5) is 23.1 Å². The average Bonchev–Trinajstić information content (AvgIpc) is 2.75. The maximum absolute atomic E-state index is 9.74. The predicted octanol–water partition coefficient (Wildman–Crippen LogP) is 4.85. The van der Waals surface area contributed by atoms with E-state index < -0.39 is 0 Å². The van der Waals surface area contributed by atoms with Crippen molar-refractivity contribution in [3.05, 3.63) is 72.8 Å². The lowest BCUT2D eigenvalue weighted by Gasteiger charge is -2.12. The number of rotatable bonds is 8. The lowest BCUT2D eigenvalue weighted by atomic mass is 10.2. The van der Waals surface area contributed by atoms with Crippen LogP contribution in [-0.4, -0.2) is 35.4 Å². The number of nitrogens with zero attached hydrogens (tertiary/aromatic N) is 2. The fraction of sp³-hybridized carbons (Fsp3) is 0.130. The lowest BCUT2D eigenvalue weighted by molar-refractivity contribution is 0.146. The highest BCUT2D eigenvalue weighted by Crippen LogP contribution is 2.28. The molecule has 7 nitrogen and oxygen atoms in total. The minimum atomic E-state index is 0.185. The summed E-state index contributed by atoms with van der Waals surface area (Å²) in [5.74, 6) is 2.06. The number of hydrogen-bond acceptors (Lipinski definition) is 7. The van der Waals surface area contributed by atoms with E-state index in [1.165, 1.54) is 0 Å². The monoisotopic (exact) mass is 402 g/mol. The first-order valence-corrected chi connectivity index (χ1v) is 9.53. The second-order valence-electron chi connectivity index (χ2n) is 6.58. The van der Waals surface area contributed by atoms with Gasteiger partial charge in [0.25, 0.3) is 0 Å². The largest absolute Gasteiger partial charge is 0.508 e. The molecule has 0 atom stereocenters. The van der Waals surface area contributed by atoms with Crippen LogP contribution in [0.3, 0.4) is 0 Å². The summed E-state index contributed by atoms with van der Waals surface area (Å²) in [6.45, 7) is 1.04. The van der Waals surface area contributed by atoms with Crippen molar-refractivity contribution in [1.29, 1.82) is 0 Å². The molecule has 0 unspecified atom stereocenters. The Kier molecular flexibility index (Phi) is 5.91. The zero-order valence-electron chi connectivity index (χ0n) is 16.5. The van der Waals surface area contributed by atoms with Crippen LogP contribution in [0, 0.1) is 0 Å². The van der Waals surface area contributed by atoms with Gasteiger partial charge in [-0.1, -0.05) is 18.2 Å². The van der Waals surface area contributed by atoms with Gasteiger partial charge in [-0.25, -0.2) is 4.98 Å². The van der Waals surface area contributed by atoms with E-state index in [4.69, 9.17) is 9.47 Å². The van der Waals surface area contributed by atoms with Crippen LogP contribution < -0.4 is 15.4 Å². The van der Waals surface area contributed by atoms with Gasteiger partial charge in [0, 0.05) is 29.9 Å². The maximum Gasteiger partial charge on any atom is 0.229 e. The summed E-state index contributed by atoms with van der Waals surface area (Å²) < 4.78 is 10.6. The Labute approximate surface area is 174 Å². The Morgan fingerprint density at radius 1 is 0.833 bits per heavy atom. The number of benzene rings is 3. The number of para-hydroxylation sites is 1. The van der Waals surface area contributed by atoms with E-state index in [1.54, 1.807) is 25.3 Å². The van der Waals surface area contributed by atoms with E-state index in [0.29, 0.717) is 25.0 Å². The maximum atomic E-state index is 9.74. The third-order valence-corrected chi connectivity index (χ3v) is 4.38. The number of anilines is 4. The van der Waals surface area contributed by atoms with Crippen LogP contribution in [0.1, 0.15) is 0 Å². The minimum absolute atomic E-state index is 0.185. The van der Waals surface area contributed by atoms with Gasteiger partial charge in [-0.05, 0) is 48.5 Å². The first-order chi connectivity index (χ1) is 14.7. The molecule has 0 saturated carbocycles. The molecule has 0 aliphatic rings. The summed E-state index contributed by atoms with van der Waals surface area (Å²) in [6, 6.07) is 22.2. The Bertz CT molecular complexity index is 1130. The van der Waals surface area contributed by atoms with Crippen LogP contribution in [0.5, 0.6) is 11.5 Å². The molecule has 0 saturated heterocycles. The Morgan fingerprint density at radius 2 is 1.67 bits per heavy atom. The van der Waals surface area contributed by atoms with Crippen molar-refractivity contribution >= 4 is 34.0 Å². The number of phenols is 1. The molecule has 0 radical (unpaired) electrons. The second-order valence-corrected chi connectivity index (χ2v) is 6.58. The smallest absolute Gasteiger partial charge is 0.229 e. The second kappa shape index (κ2) is 9.11. The van der Waals surface area contributed by atoms with Crippen molar-refractivity contribution in [3.8, 4) is 11.5 Å². The van der Waals surface area contributed by atoms with Crippen LogP contribution in [-0.2, 0) is 4.74 Å². The van der Waals surface area contributed by atoms with Crippen LogP contribution >= 0.6 is 0 Å². The van der Waals surface area contributed by atoms with E-state index in [2.05, 4.69) is 20.6 Å². The van der Waals surface area contributed by atoms with Gasteiger partial charge < -0.3 is 25.2 Å². The number of ether oxygens (including phenoxy) is 2. The Balaban J connectivity index is 1.58. The lowest BCUT2D eigenvalue weighted by Crippen LogP contribution is -2.04. The Morgan fingerprint density at radius 3 is 2.47 bits per heavy atom. The molecular formula is C23H22N4O3. The fourth-order valence-corrected chi connectivity index (χ4v) is 2.95. The zero-order valence-corrected chi connectivity index (χ0v) is 16.5. The normalized spacial score (nSPS) is 10.7. The van der Waals surface area contributed by atoms with Gasteiger partial charge in [-0.2, -0.15) is 4.98 Å². The average molecular weight is 402 g/mol. The molecule has 152 valence electrons. The molecule has 4 rings (SSSR count). The quantitative estimate of drug-likeness (QED) is 0.363. The van der Waals surface area contributed by atoms with Gasteiger partial charge >= 0.3 is 0 Å². The molecule has 30 heavy (non-hydrogen) atoms. The molecule has 1 heterocycles. The number of hydrogen-bond donors (Lipinski definition) is 3. The summed E-state index contributed by atoms with van der Waals surface area (Å²) in [6.07, 6.45) is 0. The first-order valence-electron chi connectivity index (χ1n) is 9.53. The number of phenolic OH excluding ortho intramolecular Hbond substituents is 1. The first kappa shape index (κ1) is 19.5. The van der Waals surface area contributed by atoms with Crippen molar-refractivity contribution in [1.82, 2.24) is 9.97 Å². The summed E-state index contributed by atoms with van der Waals surface area (Å²) in [5, 5.41) is 17.1. The van der Waals surface area contributed by atoms with Crippen LogP contribution in [0.25, 0.3) is 10.9 Å². The number of nitrogens with one attached hydrogen (secondary N) is 2. The van der Waals surface area contributed by atoms with E-state index in [1.807, 2.05) is 54.6 Å². The molecule has 3 aromatic carbocycles. The fourth-order valence-electron chi connectivity index (χ4n) is 2.95. The molecule has 0 spiro atoms. The third kappa shape index (κ3) is 4.76. The van der Waals surface area contributed by atoms with Crippen molar-refractivity contribution < 1.29 is 14.6 Å². The van der Waals surface area contributed by atoms with E-state index >= 15 is 0 Å². The molecule has 0 aliphatic heterocycles. The van der Waals surface area contributed by atoms with Crippen LogP contribution in [0.15, 0.2) is 72.8 Å². The summed E-state index contributed by atoms with van der Waals surface area (Å²) in [5.41, 5.74) is 2.38. The summed E-state index contributed by atoms with van der Waals surface area (Å²) in [7, 11) is 1.64. The molecule has 0 fully saturated rings. The van der Waals surface area contributed by atoms with Gasteiger partial charge in [0.05, 0.1) is 12.1 Å². The number of methoxy groups -OCH3 is 1. The predicted molar refractivity (Wildman–Crippen MR) is 118 cm³/mol.